The molecule has 126 valence electrons. The van der Waals surface area contributed by atoms with E-state index in [1.54, 1.807) is 68.0 Å². The van der Waals surface area contributed by atoms with Gasteiger partial charge in [0.25, 0.3) is 0 Å². The fourth-order valence-electron chi connectivity index (χ4n) is 2.37. The fraction of sp³-hybridized carbons (Fsp3) is 0.105. The summed E-state index contributed by atoms with van der Waals surface area (Å²) in [6.07, 6.45) is 3.27. The Bertz CT molecular complexity index is 784. The Morgan fingerprint density at radius 2 is 1.48 bits per heavy atom. The third-order valence-corrected chi connectivity index (χ3v) is 3.74. The highest BCUT2D eigenvalue weighted by Gasteiger charge is 2.24. The van der Waals surface area contributed by atoms with Crippen LogP contribution in [0.5, 0.6) is 0 Å². The lowest BCUT2D eigenvalue weighted by Gasteiger charge is -2.26. The Hall–Kier alpha value is -3.25. The van der Waals surface area contributed by atoms with Gasteiger partial charge in [0.2, 0.25) is 0 Å². The van der Waals surface area contributed by atoms with E-state index in [9.17, 15) is 4.79 Å². The number of rotatable bonds is 4. The number of carbonyl (C=O) groups excluding carboxylic acids is 1. The molecule has 0 unspecified atom stereocenters. The first-order chi connectivity index (χ1) is 12.2. The van der Waals surface area contributed by atoms with Crippen LogP contribution >= 0.6 is 0 Å². The molecule has 0 radical (unpaired) electrons. The summed E-state index contributed by atoms with van der Waals surface area (Å²) in [6.45, 7) is -0.0358. The number of nitrogens with zero attached hydrogens (tertiary/aromatic N) is 4. The number of aliphatic hydroxyl groups is 1. The van der Waals surface area contributed by atoms with Gasteiger partial charge >= 0.3 is 6.03 Å². The molecule has 6 nitrogen and oxygen atoms in total. The fourth-order valence-corrected chi connectivity index (χ4v) is 2.37. The number of urea groups is 1. The maximum absolute atomic E-state index is 13.1. The van der Waals surface area contributed by atoms with Crippen LogP contribution in [-0.2, 0) is 6.61 Å². The van der Waals surface area contributed by atoms with Gasteiger partial charge in [0.05, 0.1) is 6.61 Å². The van der Waals surface area contributed by atoms with Crippen molar-refractivity contribution >= 4 is 23.4 Å². The highest BCUT2D eigenvalue weighted by atomic mass is 16.3. The first kappa shape index (κ1) is 16.6. The van der Waals surface area contributed by atoms with E-state index in [2.05, 4.69) is 9.97 Å². The highest BCUT2D eigenvalue weighted by molar-refractivity contribution is 6.07. The Balaban J connectivity index is 1.96. The Kier molecular flexibility index (Phi) is 5.01. The maximum atomic E-state index is 13.1. The Morgan fingerprint density at radius 3 is 1.92 bits per heavy atom. The molecule has 2 heterocycles. The van der Waals surface area contributed by atoms with Crippen molar-refractivity contribution in [2.45, 2.75) is 6.61 Å². The molecule has 2 amide bonds. The van der Waals surface area contributed by atoms with E-state index >= 15 is 0 Å². The molecule has 0 saturated heterocycles. The van der Waals surface area contributed by atoms with Crippen molar-refractivity contribution in [3.8, 4) is 0 Å². The number of carbonyl (C=O) groups is 1. The van der Waals surface area contributed by atoms with Crippen LogP contribution in [0.1, 0.15) is 5.56 Å². The van der Waals surface area contributed by atoms with Crippen LogP contribution in [0.25, 0.3) is 0 Å². The summed E-state index contributed by atoms with van der Waals surface area (Å²) in [7, 11) is 1.69. The molecule has 3 aromatic rings. The van der Waals surface area contributed by atoms with E-state index in [0.717, 1.165) is 5.56 Å². The molecule has 3 rings (SSSR count). The molecule has 0 aliphatic heterocycles. The molecular weight excluding hydrogens is 316 g/mol. The summed E-state index contributed by atoms with van der Waals surface area (Å²) in [5, 5.41) is 9.16. The van der Waals surface area contributed by atoms with Crippen molar-refractivity contribution in [3.63, 3.8) is 0 Å². The average Bonchev–Trinajstić information content (AvgIpc) is 2.69. The topological polar surface area (TPSA) is 69.6 Å². The van der Waals surface area contributed by atoms with Gasteiger partial charge in [0.1, 0.15) is 11.6 Å². The molecule has 0 saturated carbocycles. The van der Waals surface area contributed by atoms with Crippen LogP contribution in [0.15, 0.2) is 73.1 Å². The van der Waals surface area contributed by atoms with Gasteiger partial charge in [-0.3, -0.25) is 4.90 Å². The summed E-state index contributed by atoms with van der Waals surface area (Å²) < 4.78 is 0. The number of aliphatic hydroxyl groups excluding tert-OH is 1. The molecule has 1 N–H and O–H groups in total. The molecule has 6 heteroatoms. The zero-order valence-electron chi connectivity index (χ0n) is 13.8. The lowest BCUT2D eigenvalue weighted by atomic mass is 10.2. The van der Waals surface area contributed by atoms with Crippen LogP contribution in [0.4, 0.5) is 22.1 Å². The molecule has 1 aromatic carbocycles. The number of pyridine rings is 2. The van der Waals surface area contributed by atoms with Crippen LogP contribution in [0.3, 0.4) is 0 Å². The van der Waals surface area contributed by atoms with Crippen LogP contribution in [0.2, 0.25) is 0 Å². The zero-order chi connectivity index (χ0) is 17.6. The zero-order valence-corrected chi connectivity index (χ0v) is 13.8. The van der Waals surface area contributed by atoms with Gasteiger partial charge in [0, 0.05) is 25.1 Å². The van der Waals surface area contributed by atoms with Crippen LogP contribution < -0.4 is 9.80 Å². The van der Waals surface area contributed by atoms with E-state index in [4.69, 9.17) is 5.11 Å². The minimum atomic E-state index is -0.283. The van der Waals surface area contributed by atoms with E-state index in [1.165, 1.54) is 9.80 Å². The smallest absolute Gasteiger partial charge is 0.335 e. The van der Waals surface area contributed by atoms with Crippen LogP contribution in [-0.4, -0.2) is 28.2 Å². The van der Waals surface area contributed by atoms with E-state index in [0.29, 0.717) is 17.3 Å². The standard InChI is InChI=1S/C19H18N4O2/c1-22(16-10-8-15(14-24)9-11-16)19(25)23(17-6-2-4-12-20-17)18-7-3-5-13-21-18/h2-13,24H,14H2,1H3. The molecule has 25 heavy (non-hydrogen) atoms. The summed E-state index contributed by atoms with van der Waals surface area (Å²) in [4.78, 5) is 24.7. The van der Waals surface area contributed by atoms with Gasteiger partial charge in [-0.25, -0.2) is 19.7 Å². The molecule has 0 spiro atoms. The average molecular weight is 334 g/mol. The Morgan fingerprint density at radius 1 is 0.920 bits per heavy atom. The van der Waals surface area contributed by atoms with Crippen molar-refractivity contribution in [2.75, 3.05) is 16.8 Å². The normalized spacial score (nSPS) is 10.3. The highest BCUT2D eigenvalue weighted by Crippen LogP contribution is 2.24. The number of benzene rings is 1. The predicted molar refractivity (Wildman–Crippen MR) is 96.8 cm³/mol. The van der Waals surface area contributed by atoms with Crippen LogP contribution in [0, 0.1) is 0 Å². The van der Waals surface area contributed by atoms with E-state index in [-0.39, 0.29) is 12.6 Å². The summed E-state index contributed by atoms with van der Waals surface area (Å²) in [5.74, 6) is 0.982. The molecule has 0 aliphatic rings. The van der Waals surface area contributed by atoms with Gasteiger partial charge in [-0.1, -0.05) is 24.3 Å². The number of hydrogen-bond donors (Lipinski definition) is 1. The van der Waals surface area contributed by atoms with Crippen molar-refractivity contribution < 1.29 is 9.90 Å². The summed E-state index contributed by atoms with van der Waals surface area (Å²) in [5.41, 5.74) is 1.50. The van der Waals surface area contributed by atoms with Crippen molar-refractivity contribution in [1.82, 2.24) is 9.97 Å². The lowest BCUT2D eigenvalue weighted by molar-refractivity contribution is 0.254. The molecule has 0 aliphatic carbocycles. The second-order valence-electron chi connectivity index (χ2n) is 5.38. The summed E-state index contributed by atoms with van der Waals surface area (Å²) in [6, 6.07) is 17.6. The van der Waals surface area contributed by atoms with Crippen molar-refractivity contribution in [3.05, 3.63) is 78.6 Å². The predicted octanol–water partition coefficient (Wildman–Crippen LogP) is 3.36. The van der Waals surface area contributed by atoms with Gasteiger partial charge in [-0.2, -0.15) is 0 Å². The number of aromatic nitrogens is 2. The first-order valence-electron chi connectivity index (χ1n) is 7.80. The number of hydrogen-bond acceptors (Lipinski definition) is 4. The first-order valence-corrected chi connectivity index (χ1v) is 7.80. The van der Waals surface area contributed by atoms with Crippen molar-refractivity contribution in [1.29, 1.82) is 0 Å². The Labute approximate surface area is 146 Å². The van der Waals surface area contributed by atoms with E-state index < -0.39 is 0 Å². The third-order valence-electron chi connectivity index (χ3n) is 3.74. The second kappa shape index (κ2) is 7.55. The lowest BCUT2D eigenvalue weighted by Crippen LogP contribution is -2.39. The number of anilines is 3. The number of amides is 2. The maximum Gasteiger partial charge on any atom is 0.335 e. The van der Waals surface area contributed by atoms with Crippen molar-refractivity contribution in [2.24, 2.45) is 0 Å². The van der Waals surface area contributed by atoms with Gasteiger partial charge in [-0.05, 0) is 42.0 Å². The minimum Gasteiger partial charge on any atom is -0.392 e. The van der Waals surface area contributed by atoms with Gasteiger partial charge < -0.3 is 5.11 Å². The largest absolute Gasteiger partial charge is 0.392 e. The SMILES string of the molecule is CN(C(=O)N(c1ccccn1)c1ccccn1)c1ccc(CO)cc1. The van der Waals surface area contributed by atoms with Gasteiger partial charge in [0.15, 0.2) is 0 Å². The third kappa shape index (κ3) is 3.64. The second-order valence-corrected chi connectivity index (χ2v) is 5.38. The minimum absolute atomic E-state index is 0.0358. The summed E-state index contributed by atoms with van der Waals surface area (Å²) >= 11 is 0. The van der Waals surface area contributed by atoms with Gasteiger partial charge in [-0.15, -0.1) is 0 Å². The molecule has 0 bridgehead atoms. The van der Waals surface area contributed by atoms with E-state index in [1.807, 2.05) is 12.1 Å². The molecule has 0 atom stereocenters. The monoisotopic (exact) mass is 334 g/mol. The quantitative estimate of drug-likeness (QED) is 0.794. The molecule has 2 aromatic heterocycles. The molecular formula is C19H18N4O2. The molecule has 0 fully saturated rings.